The fourth-order valence-corrected chi connectivity index (χ4v) is 2.72. The molecule has 0 radical (unpaired) electrons. The van der Waals surface area contributed by atoms with Crippen LogP contribution < -0.4 is 10.6 Å². The predicted molar refractivity (Wildman–Crippen MR) is 68.9 cm³/mol. The van der Waals surface area contributed by atoms with E-state index in [1.54, 1.807) is 0 Å². The number of nitrogens with one attached hydrogen (secondary N) is 2. The van der Waals surface area contributed by atoms with Crippen molar-refractivity contribution in [1.82, 2.24) is 15.5 Å². The maximum Gasteiger partial charge on any atom is 0.224 e. The van der Waals surface area contributed by atoms with Crippen molar-refractivity contribution in [2.75, 3.05) is 39.3 Å². The van der Waals surface area contributed by atoms with Gasteiger partial charge in [0.2, 0.25) is 5.91 Å². The number of carbonyl (C=O) groups is 1. The van der Waals surface area contributed by atoms with Gasteiger partial charge < -0.3 is 15.5 Å². The predicted octanol–water partition coefficient (Wildman–Crippen LogP) is 0.588. The maximum atomic E-state index is 11.7. The van der Waals surface area contributed by atoms with E-state index in [0.29, 0.717) is 0 Å². The van der Waals surface area contributed by atoms with Gasteiger partial charge in [0, 0.05) is 13.1 Å². The summed E-state index contributed by atoms with van der Waals surface area (Å²) in [6, 6.07) is 0. The maximum absolute atomic E-state index is 11.7. The first-order valence-electron chi connectivity index (χ1n) is 7.07. The molecule has 0 spiro atoms. The minimum absolute atomic E-state index is 0.213. The van der Waals surface area contributed by atoms with Crippen LogP contribution in [0.2, 0.25) is 0 Å². The van der Waals surface area contributed by atoms with Crippen molar-refractivity contribution < 1.29 is 4.79 Å². The van der Waals surface area contributed by atoms with Gasteiger partial charge in [0.1, 0.15) is 0 Å². The third kappa shape index (κ3) is 4.28. The van der Waals surface area contributed by atoms with Gasteiger partial charge in [-0.05, 0) is 51.9 Å². The topological polar surface area (TPSA) is 44.4 Å². The van der Waals surface area contributed by atoms with Crippen LogP contribution in [0.4, 0.5) is 0 Å². The van der Waals surface area contributed by atoms with Gasteiger partial charge in [-0.1, -0.05) is 6.42 Å². The lowest BCUT2D eigenvalue weighted by molar-refractivity contribution is -0.124. The van der Waals surface area contributed by atoms with Crippen LogP contribution in [0.25, 0.3) is 0 Å². The molecule has 4 nitrogen and oxygen atoms in total. The molecular formula is C13H25N3O. The van der Waals surface area contributed by atoms with Crippen molar-refractivity contribution in [1.29, 1.82) is 0 Å². The Hall–Kier alpha value is -0.610. The molecule has 0 aliphatic carbocycles. The van der Waals surface area contributed by atoms with E-state index in [0.717, 1.165) is 39.0 Å². The fraction of sp³-hybridized carbons (Fsp3) is 0.923. The summed E-state index contributed by atoms with van der Waals surface area (Å²) in [6.45, 7) is 6.33. The number of piperidine rings is 1. The third-order valence-corrected chi connectivity index (χ3v) is 3.83. The Morgan fingerprint density at radius 2 is 2.12 bits per heavy atom. The van der Waals surface area contributed by atoms with Crippen molar-refractivity contribution in [3.8, 4) is 0 Å². The van der Waals surface area contributed by atoms with E-state index in [2.05, 4.69) is 15.5 Å². The number of carbonyl (C=O) groups excluding carboxylic acids is 1. The number of hydrogen-bond donors (Lipinski definition) is 2. The summed E-state index contributed by atoms with van der Waals surface area (Å²) in [4.78, 5) is 14.3. The zero-order valence-corrected chi connectivity index (χ0v) is 10.7. The number of nitrogens with zero attached hydrogens (tertiary/aromatic N) is 1. The fourth-order valence-electron chi connectivity index (χ4n) is 2.72. The summed E-state index contributed by atoms with van der Waals surface area (Å²) < 4.78 is 0. The van der Waals surface area contributed by atoms with Gasteiger partial charge in [-0.2, -0.15) is 0 Å². The Kier molecular flexibility index (Phi) is 5.26. The highest BCUT2D eigenvalue weighted by Gasteiger charge is 2.21. The molecule has 2 saturated heterocycles. The molecule has 2 heterocycles. The summed E-state index contributed by atoms with van der Waals surface area (Å²) in [5.41, 5.74) is 0. The number of likely N-dealkylation sites (tertiary alicyclic amines) is 1. The van der Waals surface area contributed by atoms with Crippen molar-refractivity contribution in [3.63, 3.8) is 0 Å². The Bertz CT molecular complexity index is 233. The lowest BCUT2D eigenvalue weighted by Gasteiger charge is -2.26. The summed E-state index contributed by atoms with van der Waals surface area (Å²) in [6.07, 6.45) is 6.17. The highest BCUT2D eigenvalue weighted by atomic mass is 16.1. The molecule has 1 unspecified atom stereocenters. The molecule has 0 aromatic carbocycles. The average Bonchev–Trinajstić information content (AvgIpc) is 2.89. The number of hydrogen-bond acceptors (Lipinski definition) is 3. The van der Waals surface area contributed by atoms with E-state index < -0.39 is 0 Å². The van der Waals surface area contributed by atoms with Gasteiger partial charge in [0.15, 0.2) is 0 Å². The minimum Gasteiger partial charge on any atom is -0.356 e. The molecule has 1 amide bonds. The first kappa shape index (κ1) is 12.8. The second kappa shape index (κ2) is 6.97. The van der Waals surface area contributed by atoms with E-state index in [9.17, 15) is 4.79 Å². The van der Waals surface area contributed by atoms with Crippen LogP contribution in [-0.2, 0) is 4.79 Å². The molecule has 2 aliphatic heterocycles. The molecule has 2 aliphatic rings. The lowest BCUT2D eigenvalue weighted by atomic mass is 10.1. The molecule has 2 N–H and O–H groups in total. The van der Waals surface area contributed by atoms with E-state index in [4.69, 9.17) is 0 Å². The van der Waals surface area contributed by atoms with Crippen LogP contribution in [0.3, 0.4) is 0 Å². The van der Waals surface area contributed by atoms with Gasteiger partial charge in [-0.3, -0.25) is 4.79 Å². The first-order valence-corrected chi connectivity index (χ1v) is 7.07. The summed E-state index contributed by atoms with van der Waals surface area (Å²) in [5, 5.41) is 6.28. The molecule has 0 bridgehead atoms. The molecular weight excluding hydrogens is 214 g/mol. The monoisotopic (exact) mass is 239 g/mol. The van der Waals surface area contributed by atoms with Crippen LogP contribution >= 0.6 is 0 Å². The molecule has 0 aromatic heterocycles. The first-order chi connectivity index (χ1) is 8.36. The Morgan fingerprint density at radius 3 is 2.82 bits per heavy atom. The molecule has 2 rings (SSSR count). The molecule has 0 saturated carbocycles. The number of amides is 1. The van der Waals surface area contributed by atoms with Gasteiger partial charge in [0.05, 0.1) is 5.92 Å². The molecule has 98 valence electrons. The third-order valence-electron chi connectivity index (χ3n) is 3.83. The summed E-state index contributed by atoms with van der Waals surface area (Å²) in [7, 11) is 0. The lowest BCUT2D eigenvalue weighted by Crippen LogP contribution is -2.35. The smallest absolute Gasteiger partial charge is 0.224 e. The SMILES string of the molecule is O=C(NCCCN1CCCCC1)C1CCNC1. The van der Waals surface area contributed by atoms with E-state index in [-0.39, 0.29) is 11.8 Å². The van der Waals surface area contributed by atoms with Crippen LogP contribution in [0.1, 0.15) is 32.1 Å². The van der Waals surface area contributed by atoms with E-state index in [1.807, 2.05) is 0 Å². The Labute approximate surface area is 104 Å². The van der Waals surface area contributed by atoms with Crippen molar-refractivity contribution in [3.05, 3.63) is 0 Å². The minimum atomic E-state index is 0.213. The normalized spacial score (nSPS) is 26.0. The zero-order valence-electron chi connectivity index (χ0n) is 10.7. The van der Waals surface area contributed by atoms with Gasteiger partial charge in [-0.15, -0.1) is 0 Å². The van der Waals surface area contributed by atoms with Crippen molar-refractivity contribution in [2.24, 2.45) is 5.92 Å². The Morgan fingerprint density at radius 1 is 1.29 bits per heavy atom. The van der Waals surface area contributed by atoms with Crippen molar-refractivity contribution in [2.45, 2.75) is 32.1 Å². The van der Waals surface area contributed by atoms with Gasteiger partial charge in [0.25, 0.3) is 0 Å². The standard InChI is InChI=1S/C13H25N3O/c17-13(12-5-7-14-11-12)15-6-4-10-16-8-2-1-3-9-16/h12,14H,1-11H2,(H,15,17). The van der Waals surface area contributed by atoms with Crippen molar-refractivity contribution >= 4 is 5.91 Å². The second-order valence-electron chi connectivity index (χ2n) is 5.24. The molecule has 0 aromatic rings. The highest BCUT2D eigenvalue weighted by molar-refractivity contribution is 5.79. The summed E-state index contributed by atoms with van der Waals surface area (Å²) in [5.74, 6) is 0.457. The quantitative estimate of drug-likeness (QED) is 0.690. The van der Waals surface area contributed by atoms with E-state index in [1.165, 1.54) is 32.4 Å². The molecule has 2 fully saturated rings. The van der Waals surface area contributed by atoms with Gasteiger partial charge in [-0.25, -0.2) is 0 Å². The van der Waals surface area contributed by atoms with Crippen LogP contribution in [-0.4, -0.2) is 50.1 Å². The Balaban J connectivity index is 1.51. The van der Waals surface area contributed by atoms with E-state index >= 15 is 0 Å². The zero-order chi connectivity index (χ0) is 11.9. The van der Waals surface area contributed by atoms with Crippen LogP contribution in [0, 0.1) is 5.92 Å². The largest absolute Gasteiger partial charge is 0.356 e. The van der Waals surface area contributed by atoms with Gasteiger partial charge >= 0.3 is 0 Å². The van der Waals surface area contributed by atoms with Crippen LogP contribution in [0.15, 0.2) is 0 Å². The molecule has 1 atom stereocenters. The molecule has 17 heavy (non-hydrogen) atoms. The highest BCUT2D eigenvalue weighted by Crippen LogP contribution is 2.09. The number of rotatable bonds is 5. The van der Waals surface area contributed by atoms with Crippen LogP contribution in [0.5, 0.6) is 0 Å². The second-order valence-corrected chi connectivity index (χ2v) is 5.24. The average molecular weight is 239 g/mol. The summed E-state index contributed by atoms with van der Waals surface area (Å²) >= 11 is 0. The molecule has 4 heteroatoms.